The Morgan fingerprint density at radius 2 is 1.94 bits per heavy atom. The van der Waals surface area contributed by atoms with E-state index in [0.29, 0.717) is 37.2 Å². The van der Waals surface area contributed by atoms with E-state index >= 15 is 0 Å². The van der Waals surface area contributed by atoms with Crippen molar-refractivity contribution < 1.29 is 13.2 Å². The molecule has 0 radical (unpaired) electrons. The number of H-pyrrole nitrogens is 1. The van der Waals surface area contributed by atoms with Crippen LogP contribution in [-0.4, -0.2) is 43.3 Å². The second-order valence-electron chi connectivity index (χ2n) is 8.72. The molecular formula is C26H29N3O3S. The zero-order valence-electron chi connectivity index (χ0n) is 18.8. The first-order chi connectivity index (χ1) is 15.9. The standard InChI is InChI=1S/C26H29N3O3S/c1-3-20-7-4-5-8-21(20)11-12-24(26(30)29-17-14-19(2)15-18-29)28-33(31,32)25-10-6-9-23-22(25)13-16-27-23/h1,4-10,13,16,19,24,27-28H,11-12,14-15,17-18H2,2H3. The molecule has 0 spiro atoms. The monoisotopic (exact) mass is 463 g/mol. The van der Waals surface area contributed by atoms with Gasteiger partial charge in [0.15, 0.2) is 0 Å². The van der Waals surface area contributed by atoms with Gasteiger partial charge in [0.2, 0.25) is 15.9 Å². The van der Waals surface area contributed by atoms with Crippen molar-refractivity contribution in [3.05, 3.63) is 65.9 Å². The molecule has 1 saturated heterocycles. The minimum absolute atomic E-state index is 0.162. The zero-order chi connectivity index (χ0) is 23.4. The second-order valence-corrected chi connectivity index (χ2v) is 10.4. The third-order valence-corrected chi connectivity index (χ3v) is 7.94. The number of piperidine rings is 1. The van der Waals surface area contributed by atoms with Crippen molar-refractivity contribution in [2.24, 2.45) is 5.92 Å². The fourth-order valence-electron chi connectivity index (χ4n) is 4.40. The third-order valence-electron chi connectivity index (χ3n) is 6.41. The van der Waals surface area contributed by atoms with Gasteiger partial charge >= 0.3 is 0 Å². The van der Waals surface area contributed by atoms with Crippen LogP contribution in [0.5, 0.6) is 0 Å². The minimum atomic E-state index is -3.93. The van der Waals surface area contributed by atoms with Crippen LogP contribution in [0.4, 0.5) is 0 Å². The van der Waals surface area contributed by atoms with Crippen molar-refractivity contribution in [1.29, 1.82) is 0 Å². The molecule has 6 nitrogen and oxygen atoms in total. The first-order valence-corrected chi connectivity index (χ1v) is 12.8. The normalized spacial score (nSPS) is 15.9. The maximum Gasteiger partial charge on any atom is 0.241 e. The molecule has 4 rings (SSSR count). The van der Waals surface area contributed by atoms with Gasteiger partial charge in [-0.1, -0.05) is 37.1 Å². The number of nitrogens with one attached hydrogen (secondary N) is 2. The van der Waals surface area contributed by atoms with Gasteiger partial charge < -0.3 is 9.88 Å². The number of rotatable bonds is 7. The quantitative estimate of drug-likeness (QED) is 0.525. The molecule has 1 amide bonds. The lowest BCUT2D eigenvalue weighted by atomic mass is 9.97. The number of amides is 1. The maximum atomic E-state index is 13.5. The summed E-state index contributed by atoms with van der Waals surface area (Å²) in [7, 11) is -3.93. The summed E-state index contributed by atoms with van der Waals surface area (Å²) in [6.07, 6.45) is 10.0. The topological polar surface area (TPSA) is 82.3 Å². The number of carbonyl (C=O) groups excluding carboxylic acids is 1. The summed E-state index contributed by atoms with van der Waals surface area (Å²) < 4.78 is 29.5. The second kappa shape index (κ2) is 9.82. The number of aryl methyl sites for hydroxylation is 1. The highest BCUT2D eigenvalue weighted by Gasteiger charge is 2.31. The summed E-state index contributed by atoms with van der Waals surface area (Å²) in [6.45, 7) is 3.47. The number of hydrogen-bond acceptors (Lipinski definition) is 3. The maximum absolute atomic E-state index is 13.5. The van der Waals surface area contributed by atoms with Gasteiger partial charge in [-0.3, -0.25) is 4.79 Å². The Bertz CT molecular complexity index is 1280. The van der Waals surface area contributed by atoms with Crippen molar-refractivity contribution in [1.82, 2.24) is 14.6 Å². The molecule has 2 aromatic carbocycles. The summed E-state index contributed by atoms with van der Waals surface area (Å²) in [4.78, 5) is 18.4. The van der Waals surface area contributed by atoms with Crippen molar-refractivity contribution in [2.45, 2.75) is 43.5 Å². The summed E-state index contributed by atoms with van der Waals surface area (Å²) in [5.41, 5.74) is 2.42. The van der Waals surface area contributed by atoms with Gasteiger partial charge in [-0.05, 0) is 61.4 Å². The average molecular weight is 464 g/mol. The lowest BCUT2D eigenvalue weighted by Gasteiger charge is -2.33. The Hall–Kier alpha value is -3.08. The lowest BCUT2D eigenvalue weighted by molar-refractivity contribution is -0.134. The van der Waals surface area contributed by atoms with Gasteiger partial charge in [0.05, 0.1) is 4.90 Å². The van der Waals surface area contributed by atoms with Crippen LogP contribution in [0.15, 0.2) is 59.6 Å². The number of likely N-dealkylation sites (tertiary alicyclic amines) is 1. The largest absolute Gasteiger partial charge is 0.361 e. The number of fused-ring (bicyclic) bond motifs is 1. The fraction of sp³-hybridized carbons (Fsp3) is 0.346. The molecule has 3 aromatic rings. The van der Waals surface area contributed by atoms with Crippen molar-refractivity contribution in [2.75, 3.05) is 13.1 Å². The van der Waals surface area contributed by atoms with E-state index in [9.17, 15) is 13.2 Å². The van der Waals surface area contributed by atoms with Crippen LogP contribution < -0.4 is 4.72 Å². The van der Waals surface area contributed by atoms with Crippen LogP contribution in [0, 0.1) is 18.3 Å². The summed E-state index contributed by atoms with van der Waals surface area (Å²) in [5, 5.41) is 0.598. The Kier molecular flexibility index (Phi) is 6.87. The van der Waals surface area contributed by atoms with Crippen LogP contribution in [0.3, 0.4) is 0 Å². The predicted molar refractivity (Wildman–Crippen MR) is 130 cm³/mol. The molecule has 1 fully saturated rings. The minimum Gasteiger partial charge on any atom is -0.361 e. The highest BCUT2D eigenvalue weighted by atomic mass is 32.2. The number of nitrogens with zero attached hydrogens (tertiary/aromatic N) is 1. The molecule has 7 heteroatoms. The smallest absolute Gasteiger partial charge is 0.241 e. The number of aromatic amines is 1. The molecule has 1 unspecified atom stereocenters. The van der Waals surface area contributed by atoms with Crippen LogP contribution >= 0.6 is 0 Å². The van der Waals surface area contributed by atoms with E-state index in [-0.39, 0.29) is 10.8 Å². The van der Waals surface area contributed by atoms with E-state index in [4.69, 9.17) is 6.42 Å². The number of hydrogen-bond donors (Lipinski definition) is 2. The highest BCUT2D eigenvalue weighted by molar-refractivity contribution is 7.89. The lowest BCUT2D eigenvalue weighted by Crippen LogP contribution is -2.50. The first kappa shape index (κ1) is 23.1. The molecule has 1 atom stereocenters. The molecule has 2 heterocycles. The molecule has 1 aliphatic heterocycles. The molecule has 172 valence electrons. The van der Waals surface area contributed by atoms with Crippen molar-refractivity contribution in [3.8, 4) is 12.3 Å². The Balaban J connectivity index is 1.61. The van der Waals surface area contributed by atoms with E-state index in [2.05, 4.69) is 22.6 Å². The molecule has 33 heavy (non-hydrogen) atoms. The number of sulfonamides is 1. The number of aromatic nitrogens is 1. The SMILES string of the molecule is C#Cc1ccccc1CCC(NS(=O)(=O)c1cccc2[nH]ccc12)C(=O)N1CCC(C)CC1. The van der Waals surface area contributed by atoms with Crippen LogP contribution in [0.25, 0.3) is 10.9 Å². The van der Waals surface area contributed by atoms with Crippen LogP contribution in [0.1, 0.15) is 37.3 Å². The molecule has 1 aromatic heterocycles. The van der Waals surface area contributed by atoms with Gasteiger partial charge in [0.1, 0.15) is 6.04 Å². The van der Waals surface area contributed by atoms with Gasteiger partial charge in [-0.15, -0.1) is 6.42 Å². The van der Waals surface area contributed by atoms with E-state index in [1.807, 2.05) is 30.3 Å². The molecule has 0 bridgehead atoms. The molecule has 1 aliphatic rings. The van der Waals surface area contributed by atoms with E-state index in [0.717, 1.165) is 29.5 Å². The molecular weight excluding hydrogens is 434 g/mol. The summed E-state index contributed by atoms with van der Waals surface area (Å²) in [6, 6.07) is 13.5. The van der Waals surface area contributed by atoms with E-state index in [1.54, 1.807) is 29.3 Å². The highest BCUT2D eigenvalue weighted by Crippen LogP contribution is 2.24. The van der Waals surface area contributed by atoms with Crippen LogP contribution in [-0.2, 0) is 21.2 Å². The van der Waals surface area contributed by atoms with Crippen molar-refractivity contribution >= 4 is 26.8 Å². The number of terminal acetylenes is 1. The average Bonchev–Trinajstić information content (AvgIpc) is 3.31. The Morgan fingerprint density at radius 3 is 2.70 bits per heavy atom. The Labute approximate surface area is 195 Å². The molecule has 0 saturated carbocycles. The molecule has 0 aliphatic carbocycles. The summed E-state index contributed by atoms with van der Waals surface area (Å²) in [5.74, 6) is 3.06. The van der Waals surface area contributed by atoms with Crippen LogP contribution in [0.2, 0.25) is 0 Å². The number of carbonyl (C=O) groups is 1. The van der Waals surface area contributed by atoms with Gasteiger partial charge in [-0.25, -0.2) is 8.42 Å². The van der Waals surface area contributed by atoms with E-state index in [1.165, 1.54) is 0 Å². The predicted octanol–water partition coefficient (Wildman–Crippen LogP) is 3.69. The zero-order valence-corrected chi connectivity index (χ0v) is 19.6. The first-order valence-electron chi connectivity index (χ1n) is 11.3. The number of benzene rings is 2. The van der Waals surface area contributed by atoms with Gasteiger partial charge in [0, 0.05) is 35.8 Å². The molecule has 2 N–H and O–H groups in total. The Morgan fingerprint density at radius 1 is 1.18 bits per heavy atom. The van der Waals surface area contributed by atoms with Gasteiger partial charge in [0.25, 0.3) is 0 Å². The third kappa shape index (κ3) is 5.13. The van der Waals surface area contributed by atoms with E-state index < -0.39 is 16.1 Å². The van der Waals surface area contributed by atoms with Gasteiger partial charge in [-0.2, -0.15) is 4.72 Å². The summed E-state index contributed by atoms with van der Waals surface area (Å²) >= 11 is 0. The fourth-order valence-corrected chi connectivity index (χ4v) is 5.85. The van der Waals surface area contributed by atoms with Crippen molar-refractivity contribution in [3.63, 3.8) is 0 Å².